The molecule has 1 saturated heterocycles. The van der Waals surface area contributed by atoms with Crippen molar-refractivity contribution in [3.8, 4) is 0 Å². The lowest BCUT2D eigenvalue weighted by molar-refractivity contribution is -0.141. The van der Waals surface area contributed by atoms with E-state index in [4.69, 9.17) is 10.5 Å². The Bertz CT molecular complexity index is 891. The summed E-state index contributed by atoms with van der Waals surface area (Å²) in [6.07, 6.45) is 7.51. The van der Waals surface area contributed by atoms with Gasteiger partial charge in [-0.25, -0.2) is 0 Å². The predicted octanol–water partition coefficient (Wildman–Crippen LogP) is 1.96. The Kier molecular flexibility index (Phi) is 9.37. The van der Waals surface area contributed by atoms with E-state index in [0.717, 1.165) is 38.5 Å². The number of methoxy groups -OCH3 is 1. The molecule has 8 heteroatoms. The van der Waals surface area contributed by atoms with Crippen LogP contribution in [-0.4, -0.2) is 79.5 Å². The second kappa shape index (κ2) is 12.7. The topological polar surface area (TPSA) is 105 Å². The first-order chi connectivity index (χ1) is 17.5. The molecule has 0 spiro atoms. The van der Waals surface area contributed by atoms with Crippen LogP contribution in [0.5, 0.6) is 0 Å². The lowest BCUT2D eigenvalue weighted by atomic mass is 9.81. The Morgan fingerprint density at radius 2 is 1.83 bits per heavy atom. The van der Waals surface area contributed by atoms with E-state index in [9.17, 15) is 14.4 Å². The molecule has 1 heterocycles. The average Bonchev–Trinajstić information content (AvgIpc) is 3.67. The van der Waals surface area contributed by atoms with Gasteiger partial charge in [0.15, 0.2) is 0 Å². The molecule has 3 amide bonds. The van der Waals surface area contributed by atoms with E-state index in [0.29, 0.717) is 44.4 Å². The molecule has 2 saturated carbocycles. The Morgan fingerprint density at radius 3 is 2.53 bits per heavy atom. The minimum Gasteiger partial charge on any atom is -0.375 e. The maximum atomic E-state index is 13.3. The van der Waals surface area contributed by atoms with Gasteiger partial charge in [-0.05, 0) is 68.9 Å². The summed E-state index contributed by atoms with van der Waals surface area (Å²) in [5.41, 5.74) is 7.06. The van der Waals surface area contributed by atoms with E-state index in [2.05, 4.69) is 17.4 Å². The molecule has 3 fully saturated rings. The highest BCUT2D eigenvalue weighted by molar-refractivity contribution is 5.89. The summed E-state index contributed by atoms with van der Waals surface area (Å²) in [4.78, 5) is 43.1. The van der Waals surface area contributed by atoms with Gasteiger partial charge in [-0.15, -0.1) is 0 Å². The number of nitrogens with two attached hydrogens (primary N) is 1. The summed E-state index contributed by atoms with van der Waals surface area (Å²) < 4.78 is 5.10. The zero-order valence-electron chi connectivity index (χ0n) is 21.6. The molecule has 8 nitrogen and oxygen atoms in total. The molecule has 4 rings (SSSR count). The van der Waals surface area contributed by atoms with Crippen molar-refractivity contribution in [2.75, 3.05) is 39.9 Å². The van der Waals surface area contributed by atoms with Crippen molar-refractivity contribution in [3.63, 3.8) is 0 Å². The molecule has 0 bridgehead atoms. The Hall–Kier alpha value is -2.45. The van der Waals surface area contributed by atoms with Crippen LogP contribution in [0.25, 0.3) is 0 Å². The number of carbonyl (C=O) groups excluding carboxylic acids is 3. The molecule has 1 aromatic carbocycles. The lowest BCUT2D eigenvalue weighted by Gasteiger charge is -2.29. The van der Waals surface area contributed by atoms with Crippen molar-refractivity contribution in [2.45, 2.75) is 63.5 Å². The molecule has 36 heavy (non-hydrogen) atoms. The fourth-order valence-electron chi connectivity index (χ4n) is 5.87. The number of carbonyl (C=O) groups is 3. The predicted molar refractivity (Wildman–Crippen MR) is 138 cm³/mol. The molecule has 0 radical (unpaired) electrons. The van der Waals surface area contributed by atoms with Gasteiger partial charge < -0.3 is 25.6 Å². The number of likely N-dealkylation sites (tertiary alicyclic amines) is 1. The number of ether oxygens (including phenoxy) is 1. The van der Waals surface area contributed by atoms with Gasteiger partial charge in [0, 0.05) is 32.7 Å². The standard InChI is InChI=1S/C28H42N4O4/c1-36-19-26(33)32-18-24(15-25(32)27(34)30-17-22-9-5-8-21(14-22)16-29)31(28(35)23-10-11-23)13-12-20-6-3-2-4-7-20/h2-4,6-7,21-25H,5,8-19,29H2,1H3,(H,30,34). The normalized spacial score (nSPS) is 26.0. The van der Waals surface area contributed by atoms with E-state index in [1.54, 1.807) is 4.90 Å². The minimum absolute atomic E-state index is 0.0715. The van der Waals surface area contributed by atoms with Crippen LogP contribution in [0, 0.1) is 17.8 Å². The van der Waals surface area contributed by atoms with E-state index in [1.807, 2.05) is 23.1 Å². The van der Waals surface area contributed by atoms with Crippen LogP contribution in [0.1, 0.15) is 50.5 Å². The van der Waals surface area contributed by atoms with Crippen molar-refractivity contribution >= 4 is 17.7 Å². The van der Waals surface area contributed by atoms with Gasteiger partial charge in [0.2, 0.25) is 17.7 Å². The maximum Gasteiger partial charge on any atom is 0.249 e. The SMILES string of the molecule is COCC(=O)N1CC(N(CCc2ccccc2)C(=O)C2CC2)CC1C(=O)NCC1CCCC(CN)C1. The number of benzene rings is 1. The molecule has 1 aliphatic heterocycles. The lowest BCUT2D eigenvalue weighted by Crippen LogP contribution is -2.48. The number of amides is 3. The van der Waals surface area contributed by atoms with E-state index >= 15 is 0 Å². The van der Waals surface area contributed by atoms with Gasteiger partial charge in [-0.1, -0.05) is 36.8 Å². The summed E-state index contributed by atoms with van der Waals surface area (Å²) in [5, 5.41) is 3.13. The molecule has 4 atom stereocenters. The zero-order chi connectivity index (χ0) is 25.5. The van der Waals surface area contributed by atoms with Crippen LogP contribution in [0.4, 0.5) is 0 Å². The van der Waals surface area contributed by atoms with E-state index in [1.165, 1.54) is 19.1 Å². The van der Waals surface area contributed by atoms with Gasteiger partial charge in [-0.2, -0.15) is 0 Å². The molecule has 4 unspecified atom stereocenters. The van der Waals surface area contributed by atoms with E-state index < -0.39 is 6.04 Å². The zero-order valence-corrected chi connectivity index (χ0v) is 21.6. The van der Waals surface area contributed by atoms with Crippen molar-refractivity contribution in [3.05, 3.63) is 35.9 Å². The first kappa shape index (κ1) is 26.6. The van der Waals surface area contributed by atoms with Crippen molar-refractivity contribution in [1.29, 1.82) is 0 Å². The summed E-state index contributed by atoms with van der Waals surface area (Å²) in [7, 11) is 1.49. The molecule has 2 aliphatic carbocycles. The molecule has 3 aliphatic rings. The van der Waals surface area contributed by atoms with Crippen molar-refractivity contribution < 1.29 is 19.1 Å². The van der Waals surface area contributed by atoms with Gasteiger partial charge >= 0.3 is 0 Å². The Morgan fingerprint density at radius 1 is 1.08 bits per heavy atom. The van der Waals surface area contributed by atoms with Gasteiger partial charge in [0.1, 0.15) is 12.6 Å². The largest absolute Gasteiger partial charge is 0.375 e. The molecular formula is C28H42N4O4. The fourth-order valence-corrected chi connectivity index (χ4v) is 5.87. The summed E-state index contributed by atoms with van der Waals surface area (Å²) in [5.74, 6) is 0.865. The van der Waals surface area contributed by atoms with Crippen molar-refractivity contribution in [2.24, 2.45) is 23.5 Å². The van der Waals surface area contributed by atoms with Gasteiger partial charge in [-0.3, -0.25) is 14.4 Å². The molecule has 0 aromatic heterocycles. The van der Waals surface area contributed by atoms with Gasteiger partial charge in [0.25, 0.3) is 0 Å². The fraction of sp³-hybridized carbons (Fsp3) is 0.679. The number of hydrogen-bond acceptors (Lipinski definition) is 5. The van der Waals surface area contributed by atoms with Crippen LogP contribution >= 0.6 is 0 Å². The number of hydrogen-bond donors (Lipinski definition) is 2. The van der Waals surface area contributed by atoms with Crippen LogP contribution in [-0.2, 0) is 25.5 Å². The van der Waals surface area contributed by atoms with Crippen molar-refractivity contribution in [1.82, 2.24) is 15.1 Å². The smallest absolute Gasteiger partial charge is 0.249 e. The molecule has 198 valence electrons. The number of rotatable bonds is 11. The minimum atomic E-state index is -0.585. The third kappa shape index (κ3) is 6.85. The Labute approximate surface area is 214 Å². The van der Waals surface area contributed by atoms with Crippen LogP contribution in [0.3, 0.4) is 0 Å². The maximum absolute atomic E-state index is 13.3. The summed E-state index contributed by atoms with van der Waals surface area (Å²) in [6.45, 7) is 2.20. The van der Waals surface area contributed by atoms with Crippen LogP contribution in [0.15, 0.2) is 30.3 Å². The summed E-state index contributed by atoms with van der Waals surface area (Å²) in [6, 6.07) is 9.38. The second-order valence-electron chi connectivity index (χ2n) is 10.8. The monoisotopic (exact) mass is 498 g/mol. The average molecular weight is 499 g/mol. The van der Waals surface area contributed by atoms with E-state index in [-0.39, 0.29) is 36.3 Å². The first-order valence-electron chi connectivity index (χ1n) is 13.6. The molecule has 1 aromatic rings. The van der Waals surface area contributed by atoms with Gasteiger partial charge in [0.05, 0.1) is 6.04 Å². The number of nitrogens with zero attached hydrogens (tertiary/aromatic N) is 2. The highest BCUT2D eigenvalue weighted by Gasteiger charge is 2.45. The first-order valence-corrected chi connectivity index (χ1v) is 13.6. The van der Waals surface area contributed by atoms with Crippen LogP contribution < -0.4 is 11.1 Å². The number of nitrogens with one attached hydrogen (secondary N) is 1. The molecule has 3 N–H and O–H groups in total. The third-order valence-electron chi connectivity index (χ3n) is 8.09. The summed E-state index contributed by atoms with van der Waals surface area (Å²) >= 11 is 0. The third-order valence-corrected chi connectivity index (χ3v) is 8.09. The highest BCUT2D eigenvalue weighted by Crippen LogP contribution is 2.34. The Balaban J connectivity index is 1.43. The second-order valence-corrected chi connectivity index (χ2v) is 10.8. The highest BCUT2D eigenvalue weighted by atomic mass is 16.5. The quantitative estimate of drug-likeness (QED) is 0.485. The van der Waals surface area contributed by atoms with Crippen LogP contribution in [0.2, 0.25) is 0 Å². The molecular weight excluding hydrogens is 456 g/mol.